The van der Waals surface area contributed by atoms with Crippen molar-refractivity contribution in [1.29, 1.82) is 0 Å². The van der Waals surface area contributed by atoms with Gasteiger partial charge in [0.25, 0.3) is 5.56 Å². The molecule has 0 fully saturated rings. The molecular weight excluding hydrogens is 360 g/mol. The lowest BCUT2D eigenvalue weighted by Gasteiger charge is -2.03. The summed E-state index contributed by atoms with van der Waals surface area (Å²) in [5, 5.41) is 1.90. The lowest BCUT2D eigenvalue weighted by Crippen LogP contribution is -2.23. The average molecular weight is 369 g/mol. The monoisotopic (exact) mass is 368 g/mol. The molecule has 3 aromatic heterocycles. The van der Waals surface area contributed by atoms with Gasteiger partial charge in [0.15, 0.2) is 5.78 Å². The van der Waals surface area contributed by atoms with Crippen molar-refractivity contribution < 1.29 is 4.79 Å². The van der Waals surface area contributed by atoms with Crippen LogP contribution in [0.2, 0.25) is 0 Å². The number of ketones is 1. The number of aryl methyl sites for hydroxylation is 1. The van der Waals surface area contributed by atoms with E-state index in [0.29, 0.717) is 9.58 Å². The van der Waals surface area contributed by atoms with E-state index in [1.165, 1.54) is 33.6 Å². The molecule has 0 N–H and O–H groups in total. The minimum Gasteiger partial charge on any atom is -0.291 e. The third kappa shape index (κ3) is 2.36. The van der Waals surface area contributed by atoms with Gasteiger partial charge in [0.2, 0.25) is 0 Å². The number of nitrogens with zero attached hydrogens (tertiary/aromatic N) is 2. The predicted molar refractivity (Wildman–Crippen MR) is 85.0 cm³/mol. The number of fused-ring (bicyclic) bond motifs is 1. The number of carbonyl (C=O) groups excluding carboxylic acids is 1. The minimum atomic E-state index is -0.155. The summed E-state index contributed by atoms with van der Waals surface area (Å²) >= 11 is 6.06. The molecule has 0 atom stereocenters. The topological polar surface area (TPSA) is 52.0 Å². The highest BCUT2D eigenvalue weighted by atomic mass is 79.9. The number of rotatable bonds is 3. The highest BCUT2D eigenvalue weighted by Gasteiger charge is 2.13. The molecular formula is C13H9BrN2O2S2. The summed E-state index contributed by atoms with van der Waals surface area (Å²) in [5.41, 5.74) is 1.56. The van der Waals surface area contributed by atoms with Gasteiger partial charge in [-0.2, -0.15) is 0 Å². The van der Waals surface area contributed by atoms with Gasteiger partial charge in [-0.05, 0) is 45.9 Å². The Labute approximate surface area is 130 Å². The van der Waals surface area contributed by atoms with E-state index in [0.717, 1.165) is 14.9 Å². The Morgan fingerprint density at radius 1 is 1.45 bits per heavy atom. The van der Waals surface area contributed by atoms with E-state index in [2.05, 4.69) is 20.9 Å². The molecule has 4 nitrogen and oxygen atoms in total. The molecule has 0 aliphatic rings. The lowest BCUT2D eigenvalue weighted by atomic mass is 10.3. The minimum absolute atomic E-state index is 0.0195. The van der Waals surface area contributed by atoms with Crippen molar-refractivity contribution in [2.45, 2.75) is 13.5 Å². The second-order valence-corrected chi connectivity index (χ2v) is 7.64. The maximum Gasteiger partial charge on any atom is 0.271 e. The Morgan fingerprint density at radius 2 is 2.25 bits per heavy atom. The molecule has 0 amide bonds. The molecule has 0 unspecified atom stereocenters. The zero-order valence-corrected chi connectivity index (χ0v) is 13.6. The van der Waals surface area contributed by atoms with E-state index in [4.69, 9.17) is 0 Å². The van der Waals surface area contributed by atoms with Crippen molar-refractivity contribution in [2.75, 3.05) is 0 Å². The van der Waals surface area contributed by atoms with Gasteiger partial charge < -0.3 is 0 Å². The second-order valence-electron chi connectivity index (χ2n) is 4.30. The third-order valence-corrected chi connectivity index (χ3v) is 5.63. The Hall–Kier alpha value is -1.31. The van der Waals surface area contributed by atoms with Gasteiger partial charge in [0, 0.05) is 0 Å². The van der Waals surface area contributed by atoms with E-state index in [1.54, 1.807) is 6.07 Å². The fourth-order valence-corrected chi connectivity index (χ4v) is 4.14. The van der Waals surface area contributed by atoms with E-state index in [-0.39, 0.29) is 17.9 Å². The molecule has 0 aromatic carbocycles. The van der Waals surface area contributed by atoms with Gasteiger partial charge in [-0.3, -0.25) is 14.2 Å². The van der Waals surface area contributed by atoms with E-state index >= 15 is 0 Å². The summed E-state index contributed by atoms with van der Waals surface area (Å²) in [7, 11) is 0. The van der Waals surface area contributed by atoms with Crippen LogP contribution in [0.15, 0.2) is 32.4 Å². The third-order valence-electron chi connectivity index (χ3n) is 2.89. The van der Waals surface area contributed by atoms with Crippen molar-refractivity contribution in [3.05, 3.63) is 48.4 Å². The van der Waals surface area contributed by atoms with Crippen LogP contribution >= 0.6 is 38.6 Å². The van der Waals surface area contributed by atoms with Crippen LogP contribution in [0.5, 0.6) is 0 Å². The molecule has 0 saturated heterocycles. The molecule has 0 bridgehead atoms. The van der Waals surface area contributed by atoms with Gasteiger partial charge in [-0.15, -0.1) is 22.7 Å². The van der Waals surface area contributed by atoms with Crippen LogP contribution in [-0.2, 0) is 6.54 Å². The van der Waals surface area contributed by atoms with E-state index in [9.17, 15) is 9.59 Å². The van der Waals surface area contributed by atoms with Crippen LogP contribution in [-0.4, -0.2) is 15.3 Å². The summed E-state index contributed by atoms with van der Waals surface area (Å²) in [4.78, 5) is 29.3. The van der Waals surface area contributed by atoms with Gasteiger partial charge in [-0.1, -0.05) is 0 Å². The number of thiophene rings is 2. The molecule has 0 radical (unpaired) electrons. The van der Waals surface area contributed by atoms with Crippen LogP contribution in [0.3, 0.4) is 0 Å². The van der Waals surface area contributed by atoms with Crippen LogP contribution in [0.4, 0.5) is 0 Å². The van der Waals surface area contributed by atoms with Crippen LogP contribution in [0, 0.1) is 6.92 Å². The van der Waals surface area contributed by atoms with Crippen molar-refractivity contribution in [3.63, 3.8) is 0 Å². The normalized spacial score (nSPS) is 11.1. The summed E-state index contributed by atoms with van der Waals surface area (Å²) < 4.78 is 2.87. The van der Waals surface area contributed by atoms with E-state index in [1.807, 2.05) is 18.4 Å². The maximum atomic E-state index is 12.3. The second kappa shape index (κ2) is 5.23. The van der Waals surface area contributed by atoms with Crippen LogP contribution in [0.1, 0.15) is 15.2 Å². The lowest BCUT2D eigenvalue weighted by molar-refractivity contribution is 0.0974. The highest BCUT2D eigenvalue weighted by molar-refractivity contribution is 9.11. The molecule has 0 saturated carbocycles. The van der Waals surface area contributed by atoms with Gasteiger partial charge >= 0.3 is 0 Å². The number of hydrogen-bond acceptors (Lipinski definition) is 5. The summed E-state index contributed by atoms with van der Waals surface area (Å²) in [6.45, 7) is 1.94. The smallest absolute Gasteiger partial charge is 0.271 e. The Morgan fingerprint density at radius 3 is 2.95 bits per heavy atom. The summed E-state index contributed by atoms with van der Waals surface area (Å²) in [6, 6.07) is 3.58. The average Bonchev–Trinajstić information content (AvgIpc) is 3.00. The van der Waals surface area contributed by atoms with Gasteiger partial charge in [-0.25, -0.2) is 4.98 Å². The summed E-state index contributed by atoms with van der Waals surface area (Å²) in [6.07, 6.45) is 1.45. The predicted octanol–water partition coefficient (Wildman–Crippen LogP) is 3.47. The standard InChI is InChI=1S/C13H9BrN2O2S2/c1-7-5-19-12-11(7)15-6-16(13(12)18)4-8(17)9-2-3-10(14)20-9/h2-3,5-6H,4H2,1H3. The molecule has 3 heterocycles. The molecule has 3 aromatic rings. The van der Waals surface area contributed by atoms with Crippen molar-refractivity contribution in [2.24, 2.45) is 0 Å². The van der Waals surface area contributed by atoms with Gasteiger partial charge in [0.05, 0.1) is 27.1 Å². The molecule has 0 aliphatic heterocycles. The fraction of sp³-hybridized carbons (Fsp3) is 0.154. The van der Waals surface area contributed by atoms with E-state index < -0.39 is 0 Å². The number of hydrogen-bond donors (Lipinski definition) is 0. The highest BCUT2D eigenvalue weighted by Crippen LogP contribution is 2.23. The molecule has 20 heavy (non-hydrogen) atoms. The number of carbonyl (C=O) groups is 1. The number of Topliss-reactive ketones (excluding diaryl/α,β-unsaturated/α-hetero) is 1. The molecule has 7 heteroatoms. The first-order valence-corrected chi connectivity index (χ1v) is 8.27. The van der Waals surface area contributed by atoms with Gasteiger partial charge in [0.1, 0.15) is 4.70 Å². The quantitative estimate of drug-likeness (QED) is 0.665. The van der Waals surface area contributed by atoms with Crippen LogP contribution in [0.25, 0.3) is 10.2 Å². The van der Waals surface area contributed by atoms with Crippen molar-refractivity contribution >= 4 is 54.6 Å². The number of halogens is 1. The molecule has 0 aliphatic carbocycles. The van der Waals surface area contributed by atoms with Crippen LogP contribution < -0.4 is 5.56 Å². The zero-order chi connectivity index (χ0) is 14.3. The Bertz CT molecular complexity index is 863. The van der Waals surface area contributed by atoms with Crippen molar-refractivity contribution in [3.8, 4) is 0 Å². The Balaban J connectivity index is 1.97. The first-order chi connectivity index (χ1) is 9.56. The summed E-state index contributed by atoms with van der Waals surface area (Å²) in [5.74, 6) is -0.0859. The largest absolute Gasteiger partial charge is 0.291 e. The molecule has 3 rings (SSSR count). The number of aromatic nitrogens is 2. The molecule has 0 spiro atoms. The Kier molecular flexibility index (Phi) is 3.57. The first-order valence-electron chi connectivity index (χ1n) is 5.78. The SMILES string of the molecule is Cc1csc2c(=O)n(CC(=O)c3ccc(Br)s3)cnc12. The fourth-order valence-electron chi connectivity index (χ4n) is 1.87. The molecule has 102 valence electrons. The zero-order valence-electron chi connectivity index (χ0n) is 10.4. The van der Waals surface area contributed by atoms with Crippen molar-refractivity contribution in [1.82, 2.24) is 9.55 Å². The first kappa shape index (κ1) is 13.7. The maximum absolute atomic E-state index is 12.3.